The first-order chi connectivity index (χ1) is 10.0. The van der Waals surface area contributed by atoms with Gasteiger partial charge in [0, 0.05) is 20.0 Å². The Morgan fingerprint density at radius 3 is 2.81 bits per heavy atom. The van der Waals surface area contributed by atoms with E-state index in [-0.39, 0.29) is 18.1 Å². The molecular weight excluding hydrogens is 288 g/mol. The summed E-state index contributed by atoms with van der Waals surface area (Å²) in [4.78, 5) is 30.6. The summed E-state index contributed by atoms with van der Waals surface area (Å²) in [5.74, 6) is 0.0742. The first kappa shape index (κ1) is 15.9. The van der Waals surface area contributed by atoms with Crippen LogP contribution in [0, 0.1) is 5.92 Å². The first-order valence-corrected chi connectivity index (χ1v) is 8.28. The average Bonchev–Trinajstić information content (AvgIpc) is 2.77. The van der Waals surface area contributed by atoms with Gasteiger partial charge in [-0.2, -0.15) is 0 Å². The molecule has 21 heavy (non-hydrogen) atoms. The van der Waals surface area contributed by atoms with E-state index in [0.29, 0.717) is 10.8 Å². The van der Waals surface area contributed by atoms with E-state index in [4.69, 9.17) is 4.74 Å². The summed E-state index contributed by atoms with van der Waals surface area (Å²) in [6.07, 6.45) is 3.45. The molecule has 0 aromatic carbocycles. The predicted octanol–water partition coefficient (Wildman–Crippen LogP) is 3.15. The van der Waals surface area contributed by atoms with Gasteiger partial charge in [-0.25, -0.2) is 9.78 Å². The van der Waals surface area contributed by atoms with Crippen LogP contribution in [0.15, 0.2) is 0 Å². The monoisotopic (exact) mass is 310 g/mol. The minimum absolute atomic E-state index is 0.134. The number of hydrogen-bond donors (Lipinski definition) is 0. The number of ether oxygens (including phenoxy) is 1. The fourth-order valence-corrected chi connectivity index (χ4v) is 3.48. The third-order valence-corrected chi connectivity index (χ3v) is 4.91. The Morgan fingerprint density at radius 1 is 1.38 bits per heavy atom. The molecule has 5 nitrogen and oxygen atoms in total. The van der Waals surface area contributed by atoms with E-state index in [1.807, 2.05) is 0 Å². The Balaban J connectivity index is 2.26. The second kappa shape index (κ2) is 7.02. The van der Waals surface area contributed by atoms with Gasteiger partial charge in [0.2, 0.25) is 0 Å². The smallest absolute Gasteiger partial charge is 0.358 e. The molecule has 116 valence electrons. The lowest BCUT2D eigenvalue weighted by Gasteiger charge is -2.18. The highest BCUT2D eigenvalue weighted by Crippen LogP contribution is 2.30. The zero-order chi connectivity index (χ0) is 15.4. The molecule has 2 rings (SSSR count). The molecule has 0 aliphatic carbocycles. The number of rotatable bonds is 4. The Hall–Kier alpha value is -1.43. The SMILES string of the molecule is CCOC(=O)c1nc(N2CCCC(C)CC2)sc1C(C)=O. The first-order valence-electron chi connectivity index (χ1n) is 7.46. The lowest BCUT2D eigenvalue weighted by molar-refractivity contribution is 0.0517. The van der Waals surface area contributed by atoms with E-state index in [2.05, 4.69) is 16.8 Å². The molecule has 1 fully saturated rings. The Bertz CT molecular complexity index is 527. The molecule has 1 aromatic rings. The molecule has 2 heterocycles. The van der Waals surface area contributed by atoms with Crippen LogP contribution in [0.4, 0.5) is 5.13 Å². The van der Waals surface area contributed by atoms with E-state index in [9.17, 15) is 9.59 Å². The summed E-state index contributed by atoms with van der Waals surface area (Å²) in [7, 11) is 0. The molecule has 1 aliphatic heterocycles. The van der Waals surface area contributed by atoms with Crippen LogP contribution in [0.3, 0.4) is 0 Å². The van der Waals surface area contributed by atoms with Gasteiger partial charge in [0.25, 0.3) is 0 Å². The number of nitrogens with zero attached hydrogens (tertiary/aromatic N) is 2. The van der Waals surface area contributed by atoms with Crippen LogP contribution >= 0.6 is 11.3 Å². The molecule has 0 saturated carbocycles. The fraction of sp³-hybridized carbons (Fsp3) is 0.667. The van der Waals surface area contributed by atoms with E-state index >= 15 is 0 Å². The molecule has 0 amide bonds. The van der Waals surface area contributed by atoms with Crippen molar-refractivity contribution in [3.05, 3.63) is 10.6 Å². The lowest BCUT2D eigenvalue weighted by atomic mass is 10.0. The summed E-state index contributed by atoms with van der Waals surface area (Å²) >= 11 is 1.30. The molecule has 0 spiro atoms. The maximum absolute atomic E-state index is 11.9. The number of thiazole rings is 1. The predicted molar refractivity (Wildman–Crippen MR) is 83.3 cm³/mol. The van der Waals surface area contributed by atoms with Crippen molar-refractivity contribution in [1.82, 2.24) is 4.98 Å². The van der Waals surface area contributed by atoms with Crippen molar-refractivity contribution in [3.8, 4) is 0 Å². The summed E-state index contributed by atoms with van der Waals surface area (Å²) in [5, 5.41) is 0.761. The number of aromatic nitrogens is 1. The van der Waals surface area contributed by atoms with Crippen LogP contribution < -0.4 is 4.90 Å². The van der Waals surface area contributed by atoms with Crippen molar-refractivity contribution in [2.24, 2.45) is 5.92 Å². The van der Waals surface area contributed by atoms with Gasteiger partial charge >= 0.3 is 5.97 Å². The number of Topliss-reactive ketones (excluding diaryl/α,β-unsaturated/α-hetero) is 1. The topological polar surface area (TPSA) is 59.5 Å². The van der Waals surface area contributed by atoms with Gasteiger partial charge in [0.1, 0.15) is 4.88 Å². The Labute approximate surface area is 129 Å². The number of ketones is 1. The summed E-state index contributed by atoms with van der Waals surface area (Å²) in [6, 6.07) is 0. The van der Waals surface area contributed by atoms with E-state index in [1.165, 1.54) is 24.7 Å². The fourth-order valence-electron chi connectivity index (χ4n) is 2.47. The molecule has 0 bridgehead atoms. The van der Waals surface area contributed by atoms with Gasteiger partial charge < -0.3 is 9.64 Å². The molecule has 1 atom stereocenters. The van der Waals surface area contributed by atoms with Crippen molar-refractivity contribution in [1.29, 1.82) is 0 Å². The second-order valence-electron chi connectivity index (χ2n) is 5.47. The third kappa shape index (κ3) is 3.81. The molecule has 0 radical (unpaired) electrons. The maximum Gasteiger partial charge on any atom is 0.358 e. The van der Waals surface area contributed by atoms with E-state index < -0.39 is 5.97 Å². The van der Waals surface area contributed by atoms with Gasteiger partial charge in [-0.15, -0.1) is 0 Å². The highest BCUT2D eigenvalue weighted by atomic mass is 32.1. The van der Waals surface area contributed by atoms with Crippen LogP contribution in [0.5, 0.6) is 0 Å². The van der Waals surface area contributed by atoms with Crippen molar-refractivity contribution < 1.29 is 14.3 Å². The van der Waals surface area contributed by atoms with Crippen LogP contribution in [0.25, 0.3) is 0 Å². The molecule has 6 heteroatoms. The Kier molecular flexibility index (Phi) is 5.33. The molecular formula is C15H22N2O3S. The average molecular weight is 310 g/mol. The number of carbonyl (C=O) groups excluding carboxylic acids is 2. The van der Waals surface area contributed by atoms with Crippen molar-refractivity contribution in [2.75, 3.05) is 24.6 Å². The summed E-state index contributed by atoms with van der Waals surface area (Å²) in [6.45, 7) is 7.60. The third-order valence-electron chi connectivity index (χ3n) is 3.69. The highest BCUT2D eigenvalue weighted by Gasteiger charge is 2.25. The van der Waals surface area contributed by atoms with Crippen molar-refractivity contribution >= 4 is 28.2 Å². The largest absolute Gasteiger partial charge is 0.461 e. The van der Waals surface area contributed by atoms with Crippen LogP contribution in [0.2, 0.25) is 0 Å². The number of carbonyl (C=O) groups is 2. The summed E-state index contributed by atoms with van der Waals surface area (Å²) < 4.78 is 5.00. The van der Waals surface area contributed by atoms with Gasteiger partial charge in [0.15, 0.2) is 16.6 Å². The number of hydrogen-bond acceptors (Lipinski definition) is 6. The number of esters is 1. The minimum atomic E-state index is -0.506. The normalized spacial score (nSPS) is 19.2. The van der Waals surface area contributed by atoms with Gasteiger partial charge in [-0.3, -0.25) is 4.79 Å². The van der Waals surface area contributed by atoms with Crippen molar-refractivity contribution in [2.45, 2.75) is 40.0 Å². The van der Waals surface area contributed by atoms with Crippen molar-refractivity contribution in [3.63, 3.8) is 0 Å². The van der Waals surface area contributed by atoms with Crippen LogP contribution in [-0.4, -0.2) is 36.4 Å². The molecule has 1 unspecified atom stereocenters. The zero-order valence-corrected chi connectivity index (χ0v) is 13.7. The minimum Gasteiger partial charge on any atom is -0.461 e. The van der Waals surface area contributed by atoms with Crippen LogP contribution in [-0.2, 0) is 4.74 Å². The molecule has 1 saturated heterocycles. The standard InChI is InChI=1S/C15H22N2O3S/c1-4-20-14(19)12-13(11(3)18)21-15(16-12)17-8-5-6-10(2)7-9-17/h10H,4-9H2,1-3H3. The van der Waals surface area contributed by atoms with Gasteiger partial charge in [-0.1, -0.05) is 18.3 Å². The summed E-state index contributed by atoms with van der Waals surface area (Å²) in [5.41, 5.74) is 0.168. The maximum atomic E-state index is 11.9. The van der Waals surface area contributed by atoms with Gasteiger partial charge in [0.05, 0.1) is 6.61 Å². The quantitative estimate of drug-likeness (QED) is 0.631. The molecule has 0 N–H and O–H groups in total. The second-order valence-corrected chi connectivity index (χ2v) is 6.45. The van der Waals surface area contributed by atoms with Gasteiger partial charge in [-0.05, 0) is 32.1 Å². The van der Waals surface area contributed by atoms with Crippen LogP contribution in [0.1, 0.15) is 60.2 Å². The highest BCUT2D eigenvalue weighted by molar-refractivity contribution is 7.17. The molecule has 1 aromatic heterocycles. The number of anilines is 1. The van der Waals surface area contributed by atoms with E-state index in [1.54, 1.807) is 6.92 Å². The lowest BCUT2D eigenvalue weighted by Crippen LogP contribution is -2.24. The zero-order valence-electron chi connectivity index (χ0n) is 12.8. The molecule has 1 aliphatic rings. The Morgan fingerprint density at radius 2 is 2.14 bits per heavy atom. The van der Waals surface area contributed by atoms with E-state index in [0.717, 1.165) is 31.1 Å².